The van der Waals surface area contributed by atoms with Gasteiger partial charge in [-0.3, -0.25) is 10.6 Å². The fourth-order valence-electron chi connectivity index (χ4n) is 5.18. The Morgan fingerprint density at radius 1 is 0.550 bits per heavy atom. The summed E-state index contributed by atoms with van der Waals surface area (Å²) in [5, 5.41) is 4.95. The highest BCUT2D eigenvalue weighted by molar-refractivity contribution is 9.10. The SMILES string of the molecule is C.C.CC(C)(C)OC(=O)Nc1ccc(B2OC(C)(C)C(C)(C)O2)c(F)c1.CC(C)(C)OC(=O)Nc1ccc(Br)c(F)c1.CC1(C)OB(B2OC(C)(C)C(C)(C)O2)OC1(C)C. The molecule has 338 valence electrons. The van der Waals surface area contributed by atoms with Crippen LogP contribution in [-0.2, 0) is 37.4 Å². The van der Waals surface area contributed by atoms with Gasteiger partial charge in [0.25, 0.3) is 0 Å². The zero-order valence-corrected chi connectivity index (χ0v) is 39.0. The van der Waals surface area contributed by atoms with Crippen LogP contribution >= 0.6 is 15.9 Å². The highest BCUT2D eigenvalue weighted by Crippen LogP contribution is 2.43. The van der Waals surface area contributed by atoms with Crippen LogP contribution < -0.4 is 16.1 Å². The van der Waals surface area contributed by atoms with Gasteiger partial charge in [0.1, 0.15) is 22.8 Å². The molecule has 0 atom stereocenters. The molecule has 12 nitrogen and oxygen atoms in total. The summed E-state index contributed by atoms with van der Waals surface area (Å²) in [6.07, 6.45) is -1.24. The molecule has 0 saturated carbocycles. The van der Waals surface area contributed by atoms with Crippen molar-refractivity contribution < 1.29 is 55.8 Å². The van der Waals surface area contributed by atoms with Crippen LogP contribution in [-0.4, -0.2) is 78.1 Å². The van der Waals surface area contributed by atoms with Crippen molar-refractivity contribution in [2.75, 3.05) is 10.6 Å². The third-order valence-corrected chi connectivity index (χ3v) is 11.1. The number of rotatable bonds is 4. The summed E-state index contributed by atoms with van der Waals surface area (Å²) in [7, 11) is -1.74. The first-order valence-corrected chi connectivity index (χ1v) is 20.1. The number of halogens is 3. The van der Waals surface area contributed by atoms with E-state index in [1.165, 1.54) is 18.2 Å². The van der Waals surface area contributed by atoms with Gasteiger partial charge in [0.15, 0.2) is 0 Å². The smallest absolute Gasteiger partial charge is 0.444 e. The first-order chi connectivity index (χ1) is 26.0. The Morgan fingerprint density at radius 2 is 0.850 bits per heavy atom. The van der Waals surface area contributed by atoms with E-state index in [1.54, 1.807) is 59.7 Å². The van der Waals surface area contributed by atoms with E-state index in [4.69, 9.17) is 37.4 Å². The number of anilines is 2. The number of carbonyl (C=O) groups is 2. The largest absolute Gasteiger partial charge is 0.497 e. The number of carbonyl (C=O) groups excluding carboxylic acids is 2. The first kappa shape index (κ1) is 55.3. The molecular weight excluding hydrogens is 843 g/mol. The van der Waals surface area contributed by atoms with Gasteiger partial charge in [-0.05, 0) is 171 Å². The van der Waals surface area contributed by atoms with E-state index in [2.05, 4.69) is 26.6 Å². The fourth-order valence-corrected chi connectivity index (χ4v) is 5.43. The van der Waals surface area contributed by atoms with Crippen LogP contribution in [0.25, 0.3) is 0 Å². The Labute approximate surface area is 368 Å². The lowest BCUT2D eigenvalue weighted by Crippen LogP contribution is -2.41. The maximum Gasteiger partial charge on any atom is 0.497 e. The average molecular weight is 913 g/mol. The molecule has 0 aliphatic carbocycles. The molecule has 3 heterocycles. The predicted octanol–water partition coefficient (Wildman–Crippen LogP) is 10.9. The zero-order chi connectivity index (χ0) is 44.7. The summed E-state index contributed by atoms with van der Waals surface area (Å²) in [5.41, 5.74) is -2.76. The topological polar surface area (TPSA) is 132 Å². The second-order valence-corrected chi connectivity index (χ2v) is 20.3. The van der Waals surface area contributed by atoms with E-state index in [0.29, 0.717) is 21.3 Å². The van der Waals surface area contributed by atoms with E-state index in [-0.39, 0.29) is 37.3 Å². The van der Waals surface area contributed by atoms with Gasteiger partial charge < -0.3 is 37.4 Å². The van der Waals surface area contributed by atoms with Crippen molar-refractivity contribution in [2.24, 2.45) is 0 Å². The van der Waals surface area contributed by atoms with Gasteiger partial charge >= 0.3 is 33.3 Å². The second kappa shape index (κ2) is 19.3. The molecule has 0 bridgehead atoms. The van der Waals surface area contributed by atoms with Gasteiger partial charge in [-0.1, -0.05) is 20.9 Å². The van der Waals surface area contributed by atoms with Gasteiger partial charge in [-0.25, -0.2) is 18.4 Å². The van der Waals surface area contributed by atoms with E-state index >= 15 is 0 Å². The van der Waals surface area contributed by atoms with Gasteiger partial charge in [0.05, 0.1) is 38.1 Å². The molecule has 3 fully saturated rings. The summed E-state index contributed by atoms with van der Waals surface area (Å²) in [6.45, 7) is 34.4. The molecule has 0 unspecified atom stereocenters. The van der Waals surface area contributed by atoms with Crippen LogP contribution in [0, 0.1) is 11.6 Å². The van der Waals surface area contributed by atoms with E-state index in [9.17, 15) is 18.4 Å². The molecule has 2 amide bonds. The minimum absolute atomic E-state index is 0. The van der Waals surface area contributed by atoms with Crippen molar-refractivity contribution in [1.29, 1.82) is 0 Å². The van der Waals surface area contributed by atoms with Crippen molar-refractivity contribution in [2.45, 2.75) is 184 Å². The zero-order valence-electron chi connectivity index (χ0n) is 37.4. The number of ether oxygens (including phenoxy) is 2. The van der Waals surface area contributed by atoms with Crippen LogP contribution in [0.1, 0.15) is 139 Å². The molecule has 2 aromatic carbocycles. The van der Waals surface area contributed by atoms with Crippen molar-refractivity contribution in [3.63, 3.8) is 0 Å². The molecule has 3 aliphatic rings. The predicted molar refractivity (Wildman–Crippen MR) is 242 cm³/mol. The molecule has 3 aliphatic heterocycles. The Balaban J connectivity index is 0.000000453. The fraction of sp³-hybridized carbons (Fsp3) is 0.667. The summed E-state index contributed by atoms with van der Waals surface area (Å²) in [5.74, 6) is -0.949. The molecule has 2 N–H and O–H groups in total. The Bertz CT molecular complexity index is 1720. The van der Waals surface area contributed by atoms with E-state index in [0.717, 1.165) is 0 Å². The summed E-state index contributed by atoms with van der Waals surface area (Å²) in [4.78, 5) is 23.1. The third-order valence-electron chi connectivity index (χ3n) is 10.5. The lowest BCUT2D eigenvalue weighted by molar-refractivity contribution is 0.00578. The molecule has 5 rings (SSSR count). The molecule has 3 saturated heterocycles. The standard InChI is InChI=1S/C17H25BFNO4.C12H24B2O4.C11H13BrFNO2.2CH4/c1-15(2,3)22-14(21)20-11-8-9-12(13(19)10-11)18-23-16(4,5)17(6,7)24-18;1-9(2)10(3,4)16-13(15-9)14-17-11(5,6)12(7,8)18-14;1-11(2,3)16-10(15)14-7-4-5-8(12)9(13)6-7;;/h8-10H,1-7H3,(H,20,21);1-8H3;4-6H,1-3H3,(H,14,15);2*1H4. The minimum Gasteiger partial charge on any atom is -0.444 e. The van der Waals surface area contributed by atoms with E-state index < -0.39 is 67.4 Å². The Hall–Kier alpha value is -2.73. The maximum atomic E-state index is 14.4. The van der Waals surface area contributed by atoms with Gasteiger partial charge in [0.2, 0.25) is 0 Å². The van der Waals surface area contributed by atoms with Crippen LogP contribution in [0.15, 0.2) is 40.9 Å². The summed E-state index contributed by atoms with van der Waals surface area (Å²) in [6, 6.07) is 8.68. The Morgan fingerprint density at radius 3 is 1.15 bits per heavy atom. The maximum absolute atomic E-state index is 14.4. The third kappa shape index (κ3) is 14.4. The highest BCUT2D eigenvalue weighted by atomic mass is 79.9. The lowest BCUT2D eigenvalue weighted by atomic mass is 9.49. The van der Waals surface area contributed by atoms with Crippen LogP contribution in [0.4, 0.5) is 29.7 Å². The molecule has 0 radical (unpaired) electrons. The molecule has 18 heteroatoms. The van der Waals surface area contributed by atoms with Crippen LogP contribution in [0.3, 0.4) is 0 Å². The van der Waals surface area contributed by atoms with Crippen molar-refractivity contribution in [3.05, 3.63) is 52.5 Å². The van der Waals surface area contributed by atoms with Crippen molar-refractivity contribution >= 4 is 66.1 Å². The normalized spacial score (nSPS) is 20.2. The quantitative estimate of drug-likeness (QED) is 0.286. The van der Waals surface area contributed by atoms with Crippen LogP contribution in [0.2, 0.25) is 0 Å². The Kier molecular flexibility index (Phi) is 17.8. The van der Waals surface area contributed by atoms with Crippen molar-refractivity contribution in [1.82, 2.24) is 0 Å². The number of benzene rings is 2. The summed E-state index contributed by atoms with van der Waals surface area (Å²) < 4.78 is 73.6. The number of hydrogen-bond donors (Lipinski definition) is 2. The molecule has 0 spiro atoms. The second-order valence-electron chi connectivity index (χ2n) is 19.5. The highest BCUT2D eigenvalue weighted by Gasteiger charge is 2.63. The summed E-state index contributed by atoms with van der Waals surface area (Å²) >= 11 is 3.03. The lowest BCUT2D eigenvalue weighted by Gasteiger charge is -2.32. The first-order valence-electron chi connectivity index (χ1n) is 19.3. The minimum atomic E-state index is -0.787. The number of hydrogen-bond acceptors (Lipinski definition) is 10. The monoisotopic (exact) mass is 912 g/mol. The average Bonchev–Trinajstić information content (AvgIpc) is 3.46. The van der Waals surface area contributed by atoms with Gasteiger partial charge in [-0.2, -0.15) is 0 Å². The van der Waals surface area contributed by atoms with E-state index in [1.807, 2.05) is 83.1 Å². The molecular formula is C42H70B3BrF2N2O10. The van der Waals surface area contributed by atoms with Crippen LogP contribution in [0.5, 0.6) is 0 Å². The molecule has 60 heavy (non-hydrogen) atoms. The van der Waals surface area contributed by atoms with Crippen molar-refractivity contribution in [3.8, 4) is 0 Å². The molecule has 2 aromatic rings. The van der Waals surface area contributed by atoms with Gasteiger partial charge in [-0.15, -0.1) is 0 Å². The molecule has 0 aromatic heterocycles. The number of amides is 2. The van der Waals surface area contributed by atoms with Gasteiger partial charge in [0, 0.05) is 16.8 Å². The number of nitrogens with one attached hydrogen (secondary N) is 2.